The number of aromatic carboxylic acids is 1. The van der Waals surface area contributed by atoms with Crippen molar-refractivity contribution in [1.29, 1.82) is 0 Å². The van der Waals surface area contributed by atoms with Crippen LogP contribution in [0.4, 0.5) is 0 Å². The van der Waals surface area contributed by atoms with Crippen LogP contribution in [0.2, 0.25) is 5.02 Å². The van der Waals surface area contributed by atoms with E-state index >= 15 is 0 Å². The smallest absolute Gasteiger partial charge is 0.335 e. The molecule has 1 fully saturated rings. The molecule has 3 rings (SSSR count). The van der Waals surface area contributed by atoms with Crippen LogP contribution >= 0.6 is 11.6 Å². The Morgan fingerprint density at radius 3 is 2.25 bits per heavy atom. The molecule has 1 N–H and O–H groups in total. The first-order valence-electron chi connectivity index (χ1n) is 9.79. The van der Waals surface area contributed by atoms with E-state index in [-0.39, 0.29) is 0 Å². The van der Waals surface area contributed by atoms with Crippen molar-refractivity contribution >= 4 is 23.6 Å². The molecule has 4 nitrogen and oxygen atoms in total. The van der Waals surface area contributed by atoms with Crippen molar-refractivity contribution in [2.75, 3.05) is 39.3 Å². The molecule has 1 aliphatic rings. The average Bonchev–Trinajstić information content (AvgIpc) is 2.71. The molecule has 0 amide bonds. The van der Waals surface area contributed by atoms with Gasteiger partial charge < -0.3 is 10.0 Å². The van der Waals surface area contributed by atoms with E-state index < -0.39 is 5.97 Å². The van der Waals surface area contributed by atoms with Crippen molar-refractivity contribution in [3.8, 4) is 0 Å². The predicted molar refractivity (Wildman–Crippen MR) is 115 cm³/mol. The fraction of sp³-hybridized carbons (Fsp3) is 0.348. The number of rotatable bonds is 8. The molecule has 0 spiro atoms. The van der Waals surface area contributed by atoms with Crippen LogP contribution in [0.3, 0.4) is 0 Å². The molecule has 2 aromatic rings. The number of benzene rings is 2. The highest BCUT2D eigenvalue weighted by Crippen LogP contribution is 2.11. The molecule has 0 aliphatic carbocycles. The van der Waals surface area contributed by atoms with Gasteiger partial charge in [-0.1, -0.05) is 48.0 Å². The van der Waals surface area contributed by atoms with Crippen LogP contribution in [0.5, 0.6) is 0 Å². The number of carbonyl (C=O) groups is 1. The quantitative estimate of drug-likeness (QED) is 0.719. The molecule has 0 atom stereocenters. The van der Waals surface area contributed by atoms with Gasteiger partial charge >= 0.3 is 5.97 Å². The minimum atomic E-state index is -0.868. The Hall–Kier alpha value is -2.14. The zero-order valence-electron chi connectivity index (χ0n) is 16.1. The molecule has 0 saturated carbocycles. The lowest BCUT2D eigenvalue weighted by atomic mass is 10.1. The van der Waals surface area contributed by atoms with Crippen LogP contribution in [0, 0.1) is 0 Å². The van der Waals surface area contributed by atoms with E-state index in [1.165, 1.54) is 11.1 Å². The van der Waals surface area contributed by atoms with E-state index in [2.05, 4.69) is 22.0 Å². The molecule has 0 aromatic heterocycles. The normalized spacial score (nSPS) is 15.9. The second-order valence-electron chi connectivity index (χ2n) is 7.20. The summed E-state index contributed by atoms with van der Waals surface area (Å²) in [6, 6.07) is 15.1. The molecule has 0 radical (unpaired) electrons. The fourth-order valence-corrected chi connectivity index (χ4v) is 3.55. The highest BCUT2D eigenvalue weighted by atomic mass is 35.5. The average molecular weight is 399 g/mol. The first-order chi connectivity index (χ1) is 13.6. The summed E-state index contributed by atoms with van der Waals surface area (Å²) in [7, 11) is 0. The highest BCUT2D eigenvalue weighted by Gasteiger charge is 2.15. The van der Waals surface area contributed by atoms with Gasteiger partial charge in [0.25, 0.3) is 0 Å². The first-order valence-corrected chi connectivity index (χ1v) is 10.2. The highest BCUT2D eigenvalue weighted by molar-refractivity contribution is 6.30. The number of aryl methyl sites for hydroxylation is 1. The van der Waals surface area contributed by atoms with E-state index in [1.54, 1.807) is 12.1 Å². The molecule has 1 aliphatic heterocycles. The lowest BCUT2D eigenvalue weighted by Gasteiger charge is -2.34. The second kappa shape index (κ2) is 10.4. The number of carboxylic acid groups (broad SMARTS) is 1. The van der Waals surface area contributed by atoms with Crippen molar-refractivity contribution in [1.82, 2.24) is 9.80 Å². The van der Waals surface area contributed by atoms with Crippen molar-refractivity contribution in [3.63, 3.8) is 0 Å². The van der Waals surface area contributed by atoms with E-state index in [4.69, 9.17) is 16.7 Å². The molecule has 148 valence electrons. The maximum atomic E-state index is 10.9. The van der Waals surface area contributed by atoms with Gasteiger partial charge in [0.1, 0.15) is 0 Å². The third kappa shape index (κ3) is 6.48. The minimum absolute atomic E-state index is 0.352. The van der Waals surface area contributed by atoms with Crippen molar-refractivity contribution < 1.29 is 9.90 Å². The molecule has 2 aromatic carbocycles. The van der Waals surface area contributed by atoms with E-state index in [0.29, 0.717) is 5.56 Å². The Labute approximate surface area is 172 Å². The number of hydrogen-bond acceptors (Lipinski definition) is 3. The summed E-state index contributed by atoms with van der Waals surface area (Å²) in [6.07, 6.45) is 6.46. The Morgan fingerprint density at radius 2 is 1.61 bits per heavy atom. The third-order valence-corrected chi connectivity index (χ3v) is 5.40. The molecule has 5 heteroatoms. The summed E-state index contributed by atoms with van der Waals surface area (Å²) in [5.41, 5.74) is 2.74. The van der Waals surface area contributed by atoms with Crippen LogP contribution in [0.1, 0.15) is 27.9 Å². The predicted octanol–water partition coefficient (Wildman–Crippen LogP) is 4.30. The monoisotopic (exact) mass is 398 g/mol. The second-order valence-corrected chi connectivity index (χ2v) is 7.64. The topological polar surface area (TPSA) is 43.8 Å². The van der Waals surface area contributed by atoms with Gasteiger partial charge in [-0.25, -0.2) is 4.79 Å². The third-order valence-electron chi connectivity index (χ3n) is 5.15. The molecular weight excluding hydrogens is 372 g/mol. The van der Waals surface area contributed by atoms with Gasteiger partial charge in [0, 0.05) is 37.7 Å². The summed E-state index contributed by atoms with van der Waals surface area (Å²) in [5.74, 6) is -0.868. The van der Waals surface area contributed by atoms with Crippen LogP contribution in [0.25, 0.3) is 6.08 Å². The lowest BCUT2D eigenvalue weighted by Crippen LogP contribution is -2.46. The number of piperazine rings is 1. The summed E-state index contributed by atoms with van der Waals surface area (Å²) in [4.78, 5) is 15.9. The Balaban J connectivity index is 1.32. The standard InChI is InChI=1S/C23H27ClN2O2/c24-22-11-7-20(8-12-22)4-2-14-26-17-15-25(16-18-26)13-1-3-19-5-9-21(10-6-19)23(27)28/h2,4-12H,1,3,13-18H2,(H,27,28)/b4-2+. The van der Waals surface area contributed by atoms with Crippen molar-refractivity contribution in [2.24, 2.45) is 0 Å². The molecule has 0 unspecified atom stereocenters. The van der Waals surface area contributed by atoms with Gasteiger partial charge in [-0.15, -0.1) is 0 Å². The fourth-order valence-electron chi connectivity index (χ4n) is 3.43. The number of nitrogens with zero attached hydrogens (tertiary/aromatic N) is 2. The Kier molecular flexibility index (Phi) is 7.66. The lowest BCUT2D eigenvalue weighted by molar-refractivity contribution is 0.0697. The van der Waals surface area contributed by atoms with Crippen LogP contribution in [-0.2, 0) is 6.42 Å². The largest absolute Gasteiger partial charge is 0.478 e. The van der Waals surface area contributed by atoms with Crippen LogP contribution < -0.4 is 0 Å². The van der Waals surface area contributed by atoms with Crippen molar-refractivity contribution in [2.45, 2.75) is 12.8 Å². The zero-order valence-corrected chi connectivity index (χ0v) is 16.8. The number of halogens is 1. The summed E-state index contributed by atoms with van der Waals surface area (Å²) < 4.78 is 0. The van der Waals surface area contributed by atoms with Gasteiger partial charge in [0.2, 0.25) is 0 Å². The van der Waals surface area contributed by atoms with Gasteiger partial charge in [0.15, 0.2) is 0 Å². The summed E-state index contributed by atoms with van der Waals surface area (Å²) in [6.45, 7) is 6.47. The molecule has 0 bridgehead atoms. The van der Waals surface area contributed by atoms with Crippen molar-refractivity contribution in [3.05, 3.63) is 76.3 Å². The molecule has 28 heavy (non-hydrogen) atoms. The summed E-state index contributed by atoms with van der Waals surface area (Å²) >= 11 is 5.91. The molecule has 1 heterocycles. The van der Waals surface area contributed by atoms with Crippen LogP contribution in [0.15, 0.2) is 54.6 Å². The maximum absolute atomic E-state index is 10.9. The van der Waals surface area contributed by atoms with Gasteiger partial charge in [-0.05, 0) is 54.8 Å². The van der Waals surface area contributed by atoms with Crippen LogP contribution in [-0.4, -0.2) is 60.1 Å². The summed E-state index contributed by atoms with van der Waals surface area (Å²) in [5, 5.41) is 9.71. The molecule has 1 saturated heterocycles. The Morgan fingerprint density at radius 1 is 0.964 bits per heavy atom. The van der Waals surface area contributed by atoms with E-state index in [0.717, 1.165) is 57.1 Å². The van der Waals surface area contributed by atoms with Gasteiger partial charge in [-0.2, -0.15) is 0 Å². The van der Waals surface area contributed by atoms with E-state index in [9.17, 15) is 4.79 Å². The minimum Gasteiger partial charge on any atom is -0.478 e. The van der Waals surface area contributed by atoms with E-state index in [1.807, 2.05) is 36.4 Å². The maximum Gasteiger partial charge on any atom is 0.335 e. The first kappa shape index (κ1) is 20.6. The number of hydrogen-bond donors (Lipinski definition) is 1. The van der Waals surface area contributed by atoms with Gasteiger partial charge in [-0.3, -0.25) is 4.90 Å². The number of carboxylic acids is 1. The zero-order chi connectivity index (χ0) is 19.8. The Bertz CT molecular complexity index is 779. The van der Waals surface area contributed by atoms with Gasteiger partial charge in [0.05, 0.1) is 5.56 Å². The molecular formula is C23H27ClN2O2. The SMILES string of the molecule is O=C(O)c1ccc(CCCN2CCN(C/C=C/c3ccc(Cl)cc3)CC2)cc1.